The van der Waals surface area contributed by atoms with Crippen molar-refractivity contribution in [2.45, 2.75) is 26.3 Å². The van der Waals surface area contributed by atoms with Crippen molar-refractivity contribution >= 4 is 11.0 Å². The van der Waals surface area contributed by atoms with E-state index in [1.165, 1.54) is 4.74 Å². The average molecular weight is 294 g/mol. The topological polar surface area (TPSA) is 70.4 Å². The first kappa shape index (κ1) is 15.3. The molecule has 1 heterocycles. The van der Waals surface area contributed by atoms with Gasteiger partial charge in [-0.05, 0) is 32.9 Å². The van der Waals surface area contributed by atoms with Crippen LogP contribution in [-0.4, -0.2) is 17.9 Å². The number of ether oxygens (including phenoxy) is 1. The van der Waals surface area contributed by atoms with Crippen LogP contribution < -0.4 is 16.0 Å². The van der Waals surface area contributed by atoms with Gasteiger partial charge in [0.2, 0.25) is 0 Å². The zero-order valence-electron chi connectivity index (χ0n) is 12.4. The summed E-state index contributed by atoms with van der Waals surface area (Å²) in [4.78, 5) is 12.2. The molecule has 0 aliphatic rings. The third-order valence-corrected chi connectivity index (χ3v) is 3.01. The Kier molecular flexibility index (Phi) is 4.18. The highest BCUT2D eigenvalue weighted by molar-refractivity contribution is 5.77. The fourth-order valence-corrected chi connectivity index (χ4v) is 1.85. The van der Waals surface area contributed by atoms with Crippen LogP contribution >= 0.6 is 0 Å². The average Bonchev–Trinajstić information content (AvgIpc) is 2.77. The van der Waals surface area contributed by atoms with E-state index in [2.05, 4.69) is 0 Å². The number of benzene rings is 1. The number of halogens is 1. The third kappa shape index (κ3) is 3.16. The molecule has 2 N–H and O–H groups in total. The van der Waals surface area contributed by atoms with Crippen LogP contribution in [0, 0.1) is 0 Å². The molecule has 1 aromatic carbocycles. The highest BCUT2D eigenvalue weighted by Crippen LogP contribution is 2.22. The Hall–Kier alpha value is -2.08. The van der Waals surface area contributed by atoms with Gasteiger partial charge >= 0.3 is 0 Å². The molecular weight excluding hydrogens is 275 g/mol. The first-order chi connectivity index (χ1) is 9.86. The fraction of sp³-hybridized carbons (Fsp3) is 0.400. The standard InChI is InChI=1S/C15H19FN2O3/c1-15(2,3)18-14(19)12-5-4-11(6-13(12)21-18)20-9-10(7-16)8-17/h4-7H,8-9,17H2,1-3H3. The molecule has 0 bridgehead atoms. The second-order valence-corrected chi connectivity index (χ2v) is 5.78. The molecular formula is C15H19FN2O3. The number of aromatic nitrogens is 1. The van der Waals surface area contributed by atoms with Crippen molar-refractivity contribution in [3.05, 3.63) is 40.5 Å². The predicted octanol–water partition coefficient (Wildman–Crippen LogP) is 2.54. The number of hydrogen-bond donors (Lipinski definition) is 1. The van der Waals surface area contributed by atoms with Crippen molar-refractivity contribution in [2.75, 3.05) is 13.2 Å². The molecule has 1 aromatic heterocycles. The Balaban J connectivity index is 2.33. The summed E-state index contributed by atoms with van der Waals surface area (Å²) < 4.78 is 24.8. The van der Waals surface area contributed by atoms with E-state index in [9.17, 15) is 9.18 Å². The second kappa shape index (κ2) is 5.73. The van der Waals surface area contributed by atoms with Crippen molar-refractivity contribution in [1.82, 2.24) is 4.74 Å². The van der Waals surface area contributed by atoms with Crippen LogP contribution in [0.2, 0.25) is 0 Å². The Morgan fingerprint density at radius 1 is 1.48 bits per heavy atom. The number of nitrogens with zero attached hydrogens (tertiary/aromatic N) is 1. The maximum atomic E-state index is 12.4. The molecule has 0 saturated carbocycles. The molecule has 2 aromatic rings. The van der Waals surface area contributed by atoms with Crippen LogP contribution in [0.3, 0.4) is 0 Å². The van der Waals surface area contributed by atoms with Crippen LogP contribution in [0.15, 0.2) is 39.4 Å². The summed E-state index contributed by atoms with van der Waals surface area (Å²) in [5.74, 6) is 0.491. The molecule has 0 aliphatic carbocycles. The van der Waals surface area contributed by atoms with E-state index in [-0.39, 0.29) is 18.7 Å². The fourth-order valence-electron chi connectivity index (χ4n) is 1.85. The van der Waals surface area contributed by atoms with E-state index >= 15 is 0 Å². The smallest absolute Gasteiger partial charge is 0.290 e. The van der Waals surface area contributed by atoms with Crippen molar-refractivity contribution in [1.29, 1.82) is 0 Å². The van der Waals surface area contributed by atoms with E-state index in [1.807, 2.05) is 20.8 Å². The van der Waals surface area contributed by atoms with Gasteiger partial charge in [-0.1, -0.05) is 0 Å². The van der Waals surface area contributed by atoms with Gasteiger partial charge in [-0.25, -0.2) is 4.39 Å². The molecule has 0 aliphatic heterocycles. The van der Waals surface area contributed by atoms with Gasteiger partial charge < -0.3 is 15.0 Å². The lowest BCUT2D eigenvalue weighted by Gasteiger charge is -2.16. The number of rotatable bonds is 4. The van der Waals surface area contributed by atoms with Gasteiger partial charge in [0.1, 0.15) is 12.4 Å². The number of fused-ring (bicyclic) bond motifs is 1. The summed E-state index contributed by atoms with van der Waals surface area (Å²) in [6, 6.07) is 4.91. The van der Waals surface area contributed by atoms with Crippen LogP contribution in [0.4, 0.5) is 4.39 Å². The van der Waals surface area contributed by atoms with Crippen molar-refractivity contribution in [3.8, 4) is 5.75 Å². The molecule has 5 nitrogen and oxygen atoms in total. The molecule has 0 saturated heterocycles. The minimum absolute atomic E-state index is 0.0583. The second-order valence-electron chi connectivity index (χ2n) is 5.78. The van der Waals surface area contributed by atoms with Crippen LogP contribution in [0.1, 0.15) is 20.8 Å². The largest absolute Gasteiger partial charge is 0.489 e. The molecule has 0 unspecified atom stereocenters. The quantitative estimate of drug-likeness (QED) is 0.940. The van der Waals surface area contributed by atoms with E-state index in [0.717, 1.165) is 0 Å². The van der Waals surface area contributed by atoms with Gasteiger partial charge in [-0.15, -0.1) is 0 Å². The normalized spacial score (nSPS) is 12.9. The summed E-state index contributed by atoms with van der Waals surface area (Å²) >= 11 is 0. The Morgan fingerprint density at radius 2 is 2.19 bits per heavy atom. The Bertz CT molecular complexity index is 723. The maximum absolute atomic E-state index is 12.4. The highest BCUT2D eigenvalue weighted by Gasteiger charge is 2.21. The third-order valence-electron chi connectivity index (χ3n) is 3.01. The first-order valence-corrected chi connectivity index (χ1v) is 6.64. The van der Waals surface area contributed by atoms with E-state index in [1.54, 1.807) is 18.2 Å². The van der Waals surface area contributed by atoms with Gasteiger partial charge in [-0.2, -0.15) is 4.74 Å². The SMILES string of the molecule is CC(C)(C)n1oc2cc(OCC(=CF)CN)ccc2c1=O. The lowest BCUT2D eigenvalue weighted by molar-refractivity contribution is 0.171. The molecule has 0 spiro atoms. The highest BCUT2D eigenvalue weighted by atomic mass is 19.1. The minimum atomic E-state index is -0.444. The molecule has 2 rings (SSSR count). The molecule has 21 heavy (non-hydrogen) atoms. The summed E-state index contributed by atoms with van der Waals surface area (Å²) in [7, 11) is 0. The lowest BCUT2D eigenvalue weighted by Crippen LogP contribution is -2.30. The van der Waals surface area contributed by atoms with E-state index in [0.29, 0.717) is 28.6 Å². The van der Waals surface area contributed by atoms with Crippen molar-refractivity contribution < 1.29 is 13.7 Å². The maximum Gasteiger partial charge on any atom is 0.290 e. The minimum Gasteiger partial charge on any atom is -0.489 e. The summed E-state index contributed by atoms with van der Waals surface area (Å²) in [5.41, 5.74) is 5.52. The van der Waals surface area contributed by atoms with Gasteiger partial charge in [0, 0.05) is 18.2 Å². The Morgan fingerprint density at radius 3 is 2.76 bits per heavy atom. The predicted molar refractivity (Wildman–Crippen MR) is 79.2 cm³/mol. The molecule has 0 atom stereocenters. The van der Waals surface area contributed by atoms with E-state index in [4.69, 9.17) is 15.0 Å². The first-order valence-electron chi connectivity index (χ1n) is 6.64. The monoisotopic (exact) mass is 294 g/mol. The van der Waals surface area contributed by atoms with E-state index < -0.39 is 5.54 Å². The van der Waals surface area contributed by atoms with Gasteiger partial charge in [0.25, 0.3) is 5.56 Å². The summed E-state index contributed by atoms with van der Waals surface area (Å²) in [6.45, 7) is 5.80. The molecule has 6 heteroatoms. The van der Waals surface area contributed by atoms with Gasteiger partial charge in [-0.3, -0.25) is 4.79 Å². The van der Waals surface area contributed by atoms with Crippen molar-refractivity contribution in [2.24, 2.45) is 5.73 Å². The lowest BCUT2D eigenvalue weighted by atomic mass is 10.1. The van der Waals surface area contributed by atoms with Gasteiger partial charge in [0.05, 0.1) is 17.3 Å². The molecule has 114 valence electrons. The summed E-state index contributed by atoms with van der Waals surface area (Å²) in [6.07, 6.45) is 0.439. The summed E-state index contributed by atoms with van der Waals surface area (Å²) in [5, 5.41) is 0.484. The zero-order valence-corrected chi connectivity index (χ0v) is 12.4. The van der Waals surface area contributed by atoms with Crippen molar-refractivity contribution in [3.63, 3.8) is 0 Å². The van der Waals surface area contributed by atoms with Crippen LogP contribution in [0.5, 0.6) is 5.75 Å². The van der Waals surface area contributed by atoms with Gasteiger partial charge in [0.15, 0.2) is 5.58 Å². The molecule has 0 amide bonds. The molecule has 0 fully saturated rings. The number of hydrogen-bond acceptors (Lipinski definition) is 4. The number of nitrogens with two attached hydrogens (primary N) is 1. The van der Waals surface area contributed by atoms with Crippen LogP contribution in [-0.2, 0) is 5.54 Å². The van der Waals surface area contributed by atoms with Crippen LogP contribution in [0.25, 0.3) is 11.0 Å². The Labute approximate surface area is 121 Å². The molecule has 0 radical (unpaired) electrons. The zero-order chi connectivity index (χ0) is 15.6.